The highest BCUT2D eigenvalue weighted by Crippen LogP contribution is 2.42. The number of aromatic nitrogens is 3. The van der Waals surface area contributed by atoms with Crippen molar-refractivity contribution in [2.45, 2.75) is 89.4 Å². The van der Waals surface area contributed by atoms with Gasteiger partial charge in [-0.1, -0.05) is 74.5 Å². The molecular formula is C30H39N5O. The molecule has 2 aliphatic heterocycles. The van der Waals surface area contributed by atoms with Gasteiger partial charge in [0, 0.05) is 30.6 Å². The molecule has 3 aromatic rings. The molecule has 0 spiro atoms. The summed E-state index contributed by atoms with van der Waals surface area (Å²) in [6.07, 6.45) is 6.17. The predicted molar refractivity (Wildman–Crippen MR) is 143 cm³/mol. The van der Waals surface area contributed by atoms with E-state index >= 15 is 0 Å². The quantitative estimate of drug-likeness (QED) is 0.443. The fourth-order valence-corrected chi connectivity index (χ4v) is 6.36. The van der Waals surface area contributed by atoms with E-state index in [1.54, 1.807) is 0 Å². The van der Waals surface area contributed by atoms with Crippen LogP contribution in [0, 0.1) is 6.92 Å². The number of carbonyl (C=O) groups is 1. The predicted octanol–water partition coefficient (Wildman–Crippen LogP) is 5.37. The summed E-state index contributed by atoms with van der Waals surface area (Å²) < 4.78 is 2.42. The Kier molecular flexibility index (Phi) is 7.51. The average Bonchev–Trinajstić information content (AvgIpc) is 3.38. The third-order valence-electron chi connectivity index (χ3n) is 8.05. The minimum absolute atomic E-state index is 0.0205. The Morgan fingerprint density at radius 2 is 1.58 bits per heavy atom. The lowest BCUT2D eigenvalue weighted by molar-refractivity contribution is -0.121. The van der Waals surface area contributed by atoms with Crippen LogP contribution in [0.4, 0.5) is 0 Å². The number of amides is 1. The number of nitrogens with one attached hydrogen (secondary N) is 1. The second-order valence-corrected chi connectivity index (χ2v) is 10.9. The number of fused-ring (bicyclic) bond motifs is 2. The van der Waals surface area contributed by atoms with Crippen molar-refractivity contribution in [2.75, 3.05) is 6.54 Å². The molecule has 0 aliphatic carbocycles. The molecule has 6 nitrogen and oxygen atoms in total. The van der Waals surface area contributed by atoms with Gasteiger partial charge in [-0.25, -0.2) is 0 Å². The molecule has 2 fully saturated rings. The van der Waals surface area contributed by atoms with Crippen molar-refractivity contribution in [3.8, 4) is 0 Å². The molecule has 1 amide bonds. The lowest BCUT2D eigenvalue weighted by Crippen LogP contribution is -2.45. The van der Waals surface area contributed by atoms with Crippen molar-refractivity contribution in [1.29, 1.82) is 0 Å². The van der Waals surface area contributed by atoms with Crippen molar-refractivity contribution in [3.05, 3.63) is 83.4 Å². The van der Waals surface area contributed by atoms with Gasteiger partial charge in [0.05, 0.1) is 12.5 Å². The van der Waals surface area contributed by atoms with Crippen LogP contribution in [0.15, 0.2) is 60.7 Å². The first-order valence-corrected chi connectivity index (χ1v) is 13.5. The van der Waals surface area contributed by atoms with Crippen molar-refractivity contribution < 1.29 is 4.79 Å². The average molecular weight is 486 g/mol. The molecule has 36 heavy (non-hydrogen) atoms. The summed E-state index contributed by atoms with van der Waals surface area (Å²) >= 11 is 0. The van der Waals surface area contributed by atoms with E-state index in [-0.39, 0.29) is 11.9 Å². The first kappa shape index (κ1) is 24.7. The number of piperidine rings is 1. The highest BCUT2D eigenvalue weighted by molar-refractivity contribution is 5.79. The van der Waals surface area contributed by atoms with Crippen molar-refractivity contribution >= 4 is 5.91 Å². The smallest absolute Gasteiger partial charge is 0.224 e. The van der Waals surface area contributed by atoms with Gasteiger partial charge in [-0.2, -0.15) is 0 Å². The van der Waals surface area contributed by atoms with Gasteiger partial charge in [-0.05, 0) is 50.2 Å². The number of nitrogens with zero attached hydrogens (tertiary/aromatic N) is 4. The van der Waals surface area contributed by atoms with E-state index in [0.29, 0.717) is 30.5 Å². The Bertz CT molecular complexity index is 1130. The van der Waals surface area contributed by atoms with Gasteiger partial charge >= 0.3 is 0 Å². The van der Waals surface area contributed by atoms with E-state index in [0.717, 1.165) is 43.0 Å². The van der Waals surface area contributed by atoms with Crippen LogP contribution in [-0.4, -0.2) is 44.2 Å². The van der Waals surface area contributed by atoms with Crippen LogP contribution < -0.4 is 5.32 Å². The summed E-state index contributed by atoms with van der Waals surface area (Å²) in [5.41, 5.74) is 2.23. The normalized spacial score (nSPS) is 22.6. The van der Waals surface area contributed by atoms with Crippen molar-refractivity contribution in [1.82, 2.24) is 25.0 Å². The molecular weight excluding hydrogens is 446 g/mol. The number of benzene rings is 2. The SMILES string of the molecule is Cc1nnc(C(C)C)n1C1CC2CCC(C1)N2CC[C@H](NC(=O)Cc1ccccc1)c1ccccc1. The number of hydrogen-bond acceptors (Lipinski definition) is 4. The fourth-order valence-electron chi connectivity index (χ4n) is 6.36. The van der Waals surface area contributed by atoms with E-state index < -0.39 is 0 Å². The molecule has 190 valence electrons. The zero-order valence-corrected chi connectivity index (χ0v) is 21.8. The second kappa shape index (κ2) is 11.0. The third-order valence-corrected chi connectivity index (χ3v) is 8.05. The molecule has 2 saturated heterocycles. The molecule has 6 heteroatoms. The van der Waals surface area contributed by atoms with Crippen molar-refractivity contribution in [3.63, 3.8) is 0 Å². The van der Waals surface area contributed by atoms with Gasteiger partial charge in [-0.15, -0.1) is 10.2 Å². The van der Waals surface area contributed by atoms with Crippen LogP contribution in [0.3, 0.4) is 0 Å². The molecule has 2 aliphatic rings. The zero-order valence-electron chi connectivity index (χ0n) is 21.8. The van der Waals surface area contributed by atoms with E-state index in [2.05, 4.69) is 70.0 Å². The van der Waals surface area contributed by atoms with Gasteiger partial charge in [-0.3, -0.25) is 9.69 Å². The zero-order chi connectivity index (χ0) is 25.1. The number of hydrogen-bond donors (Lipinski definition) is 1. The first-order valence-electron chi connectivity index (χ1n) is 13.5. The highest BCUT2D eigenvalue weighted by Gasteiger charge is 2.42. The maximum absolute atomic E-state index is 12.9. The summed E-state index contributed by atoms with van der Waals surface area (Å²) in [5.74, 6) is 2.63. The molecule has 2 unspecified atom stereocenters. The standard InChI is InChI=1S/C30H39N5O/c1-21(2)30-33-32-22(3)35(30)27-19-25-14-15-26(20-27)34(25)17-16-28(24-12-8-5-9-13-24)31-29(36)18-23-10-6-4-7-11-23/h4-13,21,25-28H,14-20H2,1-3H3,(H,31,36)/t25?,26?,27?,28-/m0/s1. The monoisotopic (exact) mass is 485 g/mol. The molecule has 5 rings (SSSR count). The first-order chi connectivity index (χ1) is 17.5. The maximum atomic E-state index is 12.9. The van der Waals surface area contributed by atoms with Gasteiger partial charge in [0.1, 0.15) is 11.6 Å². The molecule has 0 radical (unpaired) electrons. The Morgan fingerprint density at radius 3 is 2.22 bits per heavy atom. The Labute approximate surface area is 215 Å². The molecule has 1 N–H and O–H groups in total. The Balaban J connectivity index is 1.25. The topological polar surface area (TPSA) is 63.1 Å². The number of aryl methyl sites for hydroxylation is 1. The summed E-state index contributed by atoms with van der Waals surface area (Å²) in [6.45, 7) is 7.51. The fraction of sp³-hybridized carbons (Fsp3) is 0.500. The number of rotatable bonds is 9. The van der Waals surface area contributed by atoms with Crippen LogP contribution >= 0.6 is 0 Å². The van der Waals surface area contributed by atoms with E-state index in [1.807, 2.05) is 36.4 Å². The van der Waals surface area contributed by atoms with E-state index in [1.165, 1.54) is 18.4 Å². The molecule has 2 aromatic carbocycles. The minimum atomic E-state index is 0.0205. The minimum Gasteiger partial charge on any atom is -0.349 e. The van der Waals surface area contributed by atoms with Crippen LogP contribution in [0.1, 0.15) is 86.7 Å². The van der Waals surface area contributed by atoms with Crippen LogP contribution in [0.25, 0.3) is 0 Å². The van der Waals surface area contributed by atoms with E-state index in [4.69, 9.17) is 0 Å². The van der Waals surface area contributed by atoms with Crippen molar-refractivity contribution in [2.24, 2.45) is 0 Å². The Hall–Kier alpha value is -2.99. The lowest BCUT2D eigenvalue weighted by Gasteiger charge is -2.40. The van der Waals surface area contributed by atoms with Gasteiger partial charge < -0.3 is 9.88 Å². The summed E-state index contributed by atoms with van der Waals surface area (Å²) in [4.78, 5) is 15.7. The highest BCUT2D eigenvalue weighted by atomic mass is 16.1. The second-order valence-electron chi connectivity index (χ2n) is 10.9. The number of carbonyl (C=O) groups excluding carboxylic acids is 1. The lowest BCUT2D eigenvalue weighted by atomic mass is 9.95. The summed E-state index contributed by atoms with van der Waals surface area (Å²) in [5, 5.41) is 12.2. The largest absolute Gasteiger partial charge is 0.349 e. The molecule has 3 heterocycles. The summed E-state index contributed by atoms with van der Waals surface area (Å²) in [6, 6.07) is 22.1. The van der Waals surface area contributed by atoms with E-state index in [9.17, 15) is 4.79 Å². The third kappa shape index (κ3) is 5.39. The summed E-state index contributed by atoms with van der Waals surface area (Å²) in [7, 11) is 0. The van der Waals surface area contributed by atoms with Gasteiger partial charge in [0.25, 0.3) is 0 Å². The maximum Gasteiger partial charge on any atom is 0.224 e. The van der Waals surface area contributed by atoms with Crippen LogP contribution in [0.2, 0.25) is 0 Å². The Morgan fingerprint density at radius 1 is 0.944 bits per heavy atom. The molecule has 1 aromatic heterocycles. The van der Waals surface area contributed by atoms with Gasteiger partial charge in [0.2, 0.25) is 5.91 Å². The van der Waals surface area contributed by atoms with Crippen LogP contribution in [0.5, 0.6) is 0 Å². The van der Waals surface area contributed by atoms with Gasteiger partial charge in [0.15, 0.2) is 0 Å². The molecule has 3 atom stereocenters. The molecule has 0 saturated carbocycles. The molecule has 2 bridgehead atoms. The van der Waals surface area contributed by atoms with Crippen LogP contribution in [-0.2, 0) is 11.2 Å².